The van der Waals surface area contributed by atoms with Gasteiger partial charge in [-0.2, -0.15) is 0 Å². The summed E-state index contributed by atoms with van der Waals surface area (Å²) in [6.07, 6.45) is -0.147. The Labute approximate surface area is 93.4 Å². The molecule has 1 aromatic carbocycles. The highest BCUT2D eigenvalue weighted by molar-refractivity contribution is 6.30. The number of hydrogen-bond donors (Lipinski definition) is 2. The van der Waals surface area contributed by atoms with E-state index in [1.807, 2.05) is 19.2 Å². The van der Waals surface area contributed by atoms with Gasteiger partial charge in [0.15, 0.2) is 0 Å². The van der Waals surface area contributed by atoms with Crippen LogP contribution in [0.1, 0.15) is 5.56 Å². The molecule has 0 heterocycles. The summed E-state index contributed by atoms with van der Waals surface area (Å²) >= 11 is 5.83. The molecule has 4 nitrogen and oxygen atoms in total. The van der Waals surface area contributed by atoms with E-state index in [2.05, 4.69) is 10.1 Å². The van der Waals surface area contributed by atoms with Gasteiger partial charge in [-0.1, -0.05) is 17.7 Å². The van der Waals surface area contributed by atoms with Gasteiger partial charge in [-0.05, 0) is 17.7 Å². The summed E-state index contributed by atoms with van der Waals surface area (Å²) in [6.45, 7) is 0.269. The Morgan fingerprint density at radius 3 is 2.93 bits per heavy atom. The minimum atomic E-state index is -0.755. The van der Waals surface area contributed by atoms with E-state index in [1.165, 1.54) is 0 Å². The molecule has 0 fully saturated rings. The number of anilines is 1. The predicted octanol–water partition coefficient (Wildman–Crippen LogP) is 2.02. The Hall–Kier alpha value is -1.42. The maximum atomic E-state index is 10.4. The molecule has 1 aromatic rings. The van der Waals surface area contributed by atoms with Crippen molar-refractivity contribution in [2.24, 2.45) is 5.73 Å². The highest BCUT2D eigenvalue weighted by atomic mass is 35.5. The van der Waals surface area contributed by atoms with E-state index < -0.39 is 6.09 Å². The summed E-state index contributed by atoms with van der Waals surface area (Å²) in [7, 11) is 1.81. The van der Waals surface area contributed by atoms with E-state index in [4.69, 9.17) is 17.3 Å². The van der Waals surface area contributed by atoms with Crippen molar-refractivity contribution in [3.63, 3.8) is 0 Å². The number of ether oxygens (including phenoxy) is 1. The van der Waals surface area contributed by atoms with Crippen LogP contribution in [0.25, 0.3) is 0 Å². The average Bonchev–Trinajstić information content (AvgIpc) is 2.19. The van der Waals surface area contributed by atoms with E-state index in [1.54, 1.807) is 6.07 Å². The lowest BCUT2D eigenvalue weighted by Gasteiger charge is -2.09. The Morgan fingerprint density at radius 1 is 1.60 bits per heavy atom. The van der Waals surface area contributed by atoms with Crippen LogP contribution in [-0.4, -0.2) is 19.7 Å². The first-order valence-corrected chi connectivity index (χ1v) is 4.89. The monoisotopic (exact) mass is 228 g/mol. The molecule has 0 radical (unpaired) electrons. The summed E-state index contributed by atoms with van der Waals surface area (Å²) < 4.78 is 4.65. The minimum absolute atomic E-state index is 0.269. The molecule has 82 valence electrons. The maximum Gasteiger partial charge on any atom is 0.404 e. The van der Waals surface area contributed by atoms with Gasteiger partial charge in [-0.3, -0.25) is 0 Å². The van der Waals surface area contributed by atoms with E-state index in [0.717, 1.165) is 11.3 Å². The van der Waals surface area contributed by atoms with Crippen LogP contribution in [0.15, 0.2) is 18.2 Å². The van der Waals surface area contributed by atoms with Crippen LogP contribution in [0, 0.1) is 0 Å². The van der Waals surface area contributed by atoms with Gasteiger partial charge in [0.2, 0.25) is 0 Å². The van der Waals surface area contributed by atoms with E-state index in [0.29, 0.717) is 11.4 Å². The van der Waals surface area contributed by atoms with Gasteiger partial charge in [-0.25, -0.2) is 4.79 Å². The number of halogens is 1. The molecular formula is C10H13ClN2O2. The van der Waals surface area contributed by atoms with Crippen LogP contribution >= 0.6 is 11.6 Å². The molecule has 15 heavy (non-hydrogen) atoms. The molecule has 0 bridgehead atoms. The number of nitrogens with two attached hydrogens (primary N) is 1. The van der Waals surface area contributed by atoms with Gasteiger partial charge in [0.05, 0.1) is 6.61 Å². The summed E-state index contributed by atoms with van der Waals surface area (Å²) in [5.74, 6) is 0. The third kappa shape index (κ3) is 3.67. The number of hydrogen-bond acceptors (Lipinski definition) is 3. The number of nitrogens with one attached hydrogen (secondary N) is 1. The lowest BCUT2D eigenvalue weighted by atomic mass is 10.1. The molecular weight excluding hydrogens is 216 g/mol. The summed E-state index contributed by atoms with van der Waals surface area (Å²) in [5.41, 5.74) is 6.81. The first-order valence-electron chi connectivity index (χ1n) is 4.52. The third-order valence-electron chi connectivity index (χ3n) is 1.96. The third-order valence-corrected chi connectivity index (χ3v) is 2.19. The zero-order valence-electron chi connectivity index (χ0n) is 8.42. The summed E-state index contributed by atoms with van der Waals surface area (Å²) in [5, 5.41) is 3.68. The largest absolute Gasteiger partial charge is 0.449 e. The Morgan fingerprint density at radius 2 is 2.33 bits per heavy atom. The van der Waals surface area contributed by atoms with E-state index >= 15 is 0 Å². The molecule has 0 atom stereocenters. The average molecular weight is 229 g/mol. The molecule has 1 amide bonds. The molecule has 3 N–H and O–H groups in total. The minimum Gasteiger partial charge on any atom is -0.449 e. The van der Waals surface area contributed by atoms with Crippen LogP contribution in [0.5, 0.6) is 0 Å². The molecule has 0 aliphatic heterocycles. The highest BCUT2D eigenvalue weighted by Gasteiger charge is 2.02. The summed E-state index contributed by atoms with van der Waals surface area (Å²) in [6, 6.07) is 5.50. The van der Waals surface area contributed by atoms with Gasteiger partial charge in [-0.15, -0.1) is 0 Å². The van der Waals surface area contributed by atoms with Crippen molar-refractivity contribution >= 4 is 23.4 Å². The van der Waals surface area contributed by atoms with Crippen molar-refractivity contribution in [2.45, 2.75) is 6.42 Å². The fourth-order valence-corrected chi connectivity index (χ4v) is 1.43. The van der Waals surface area contributed by atoms with E-state index in [-0.39, 0.29) is 6.61 Å². The van der Waals surface area contributed by atoms with Crippen molar-refractivity contribution in [2.75, 3.05) is 19.0 Å². The fourth-order valence-electron chi connectivity index (χ4n) is 1.26. The van der Waals surface area contributed by atoms with Crippen molar-refractivity contribution in [1.29, 1.82) is 0 Å². The number of carbonyl (C=O) groups excluding carboxylic acids is 1. The highest BCUT2D eigenvalue weighted by Crippen LogP contribution is 2.20. The van der Waals surface area contributed by atoms with Crippen molar-refractivity contribution < 1.29 is 9.53 Å². The maximum absolute atomic E-state index is 10.4. The van der Waals surface area contributed by atoms with Crippen LogP contribution in [0.4, 0.5) is 10.5 Å². The van der Waals surface area contributed by atoms with Crippen molar-refractivity contribution in [1.82, 2.24) is 0 Å². The van der Waals surface area contributed by atoms with Crippen molar-refractivity contribution in [3.8, 4) is 0 Å². The van der Waals surface area contributed by atoms with Crippen LogP contribution < -0.4 is 11.1 Å². The van der Waals surface area contributed by atoms with Crippen LogP contribution in [0.2, 0.25) is 5.02 Å². The number of rotatable bonds is 4. The molecule has 0 aliphatic carbocycles. The predicted molar refractivity (Wildman–Crippen MR) is 60.2 cm³/mol. The van der Waals surface area contributed by atoms with E-state index in [9.17, 15) is 4.79 Å². The standard InChI is InChI=1S/C10H13ClN2O2/c1-13-9-6-8(11)3-2-7(9)4-5-15-10(12)14/h2-3,6,13H,4-5H2,1H3,(H2,12,14). The molecule has 0 aliphatic rings. The molecule has 5 heteroatoms. The Bertz CT molecular complexity index is 355. The molecule has 0 aromatic heterocycles. The Kier molecular flexibility index (Phi) is 4.24. The molecule has 0 saturated heterocycles. The normalized spacial score (nSPS) is 9.73. The second kappa shape index (κ2) is 5.46. The summed E-state index contributed by atoms with van der Waals surface area (Å²) in [4.78, 5) is 10.4. The first-order chi connectivity index (χ1) is 7.13. The lowest BCUT2D eigenvalue weighted by Crippen LogP contribution is -2.15. The first kappa shape index (κ1) is 11.7. The number of carbonyl (C=O) groups is 1. The van der Waals surface area contributed by atoms with Crippen LogP contribution in [0.3, 0.4) is 0 Å². The van der Waals surface area contributed by atoms with Gasteiger partial charge in [0, 0.05) is 24.2 Å². The number of amides is 1. The SMILES string of the molecule is CNc1cc(Cl)ccc1CCOC(N)=O. The lowest BCUT2D eigenvalue weighted by molar-refractivity contribution is 0.158. The quantitative estimate of drug-likeness (QED) is 0.829. The fraction of sp³-hybridized carbons (Fsp3) is 0.300. The second-order valence-electron chi connectivity index (χ2n) is 2.97. The van der Waals surface area contributed by atoms with Crippen molar-refractivity contribution in [3.05, 3.63) is 28.8 Å². The van der Waals surface area contributed by atoms with Crippen LogP contribution in [-0.2, 0) is 11.2 Å². The molecule has 0 spiro atoms. The van der Waals surface area contributed by atoms with Gasteiger partial charge >= 0.3 is 6.09 Å². The number of benzene rings is 1. The zero-order chi connectivity index (χ0) is 11.3. The topological polar surface area (TPSA) is 64.3 Å². The molecule has 1 rings (SSSR count). The second-order valence-corrected chi connectivity index (χ2v) is 3.41. The smallest absolute Gasteiger partial charge is 0.404 e. The molecule has 0 unspecified atom stereocenters. The Balaban J connectivity index is 2.63. The van der Waals surface area contributed by atoms with Gasteiger partial charge in [0.25, 0.3) is 0 Å². The van der Waals surface area contributed by atoms with Gasteiger partial charge in [0.1, 0.15) is 0 Å². The molecule has 0 saturated carbocycles. The number of primary amides is 1. The zero-order valence-corrected chi connectivity index (χ0v) is 9.17. The van der Waals surface area contributed by atoms with Gasteiger partial charge < -0.3 is 15.8 Å².